The van der Waals surface area contributed by atoms with Crippen LogP contribution in [0.25, 0.3) is 0 Å². The topological polar surface area (TPSA) is 63.2 Å². The normalized spacial score (nSPS) is 10.4. The molecule has 3 aromatic rings. The van der Waals surface area contributed by atoms with Crippen molar-refractivity contribution < 1.29 is 4.74 Å². The molecule has 0 bridgehead atoms. The fourth-order valence-electron chi connectivity index (χ4n) is 2.74. The monoisotopic (exact) mass is 363 g/mol. The van der Waals surface area contributed by atoms with Crippen LogP contribution in [0.4, 0.5) is 17.5 Å². The first-order valence-electron chi connectivity index (χ1n) is 9.33. The zero-order valence-corrected chi connectivity index (χ0v) is 15.8. The predicted molar refractivity (Wildman–Crippen MR) is 109 cm³/mol. The smallest absolute Gasteiger partial charge is 0.249 e. The van der Waals surface area contributed by atoms with Crippen molar-refractivity contribution in [1.82, 2.24) is 15.2 Å². The average molecular weight is 363 g/mol. The van der Waals surface area contributed by atoms with E-state index in [1.807, 2.05) is 54.6 Å². The maximum absolute atomic E-state index is 5.81. The Morgan fingerprint density at radius 2 is 1.56 bits per heavy atom. The Balaban J connectivity index is 1.67. The number of benzene rings is 2. The molecule has 0 aliphatic heterocycles. The molecule has 1 N–H and O–H groups in total. The van der Waals surface area contributed by atoms with E-state index in [2.05, 4.69) is 39.2 Å². The summed E-state index contributed by atoms with van der Waals surface area (Å²) in [5.41, 5.74) is 0.881. The minimum Gasteiger partial charge on any atom is -0.457 e. The van der Waals surface area contributed by atoms with E-state index in [-0.39, 0.29) is 0 Å². The van der Waals surface area contributed by atoms with Crippen molar-refractivity contribution in [2.24, 2.45) is 0 Å². The van der Waals surface area contributed by atoms with Crippen LogP contribution in [0.5, 0.6) is 11.5 Å². The van der Waals surface area contributed by atoms with Crippen LogP contribution < -0.4 is 15.0 Å². The molecule has 0 spiro atoms. The average Bonchev–Trinajstić information content (AvgIpc) is 2.70. The van der Waals surface area contributed by atoms with Crippen molar-refractivity contribution in [2.45, 2.75) is 26.7 Å². The number of ether oxygens (including phenoxy) is 1. The number of nitrogens with one attached hydrogen (secondary N) is 1. The molecule has 0 saturated carbocycles. The quantitative estimate of drug-likeness (QED) is 0.575. The number of para-hydroxylation sites is 1. The standard InChI is InChI=1S/C21H25N5O/c1-3-14-26(15-4-2)20-16-22-25-21(24-20)23-17-10-12-19(13-11-17)27-18-8-6-5-7-9-18/h5-13,16H,3-4,14-15H2,1-2H3,(H,23,24,25). The Hall–Kier alpha value is -3.15. The Kier molecular flexibility index (Phi) is 6.57. The van der Waals surface area contributed by atoms with Gasteiger partial charge in [-0.1, -0.05) is 32.0 Å². The van der Waals surface area contributed by atoms with E-state index in [1.165, 1.54) is 0 Å². The summed E-state index contributed by atoms with van der Waals surface area (Å²) < 4.78 is 5.81. The van der Waals surface area contributed by atoms with Crippen molar-refractivity contribution >= 4 is 17.5 Å². The van der Waals surface area contributed by atoms with E-state index >= 15 is 0 Å². The maximum Gasteiger partial charge on any atom is 0.249 e. The lowest BCUT2D eigenvalue weighted by Gasteiger charge is -2.22. The van der Waals surface area contributed by atoms with Gasteiger partial charge in [-0.15, -0.1) is 5.10 Å². The summed E-state index contributed by atoms with van der Waals surface area (Å²) in [5, 5.41) is 11.4. The molecule has 3 rings (SSSR count). The first-order valence-corrected chi connectivity index (χ1v) is 9.33. The summed E-state index contributed by atoms with van der Waals surface area (Å²) in [7, 11) is 0. The van der Waals surface area contributed by atoms with E-state index in [4.69, 9.17) is 4.74 Å². The number of hydrogen-bond acceptors (Lipinski definition) is 6. The van der Waals surface area contributed by atoms with Crippen LogP contribution in [-0.4, -0.2) is 28.3 Å². The summed E-state index contributed by atoms with van der Waals surface area (Å²) in [6, 6.07) is 17.4. The number of rotatable bonds is 9. The Labute approximate surface area is 160 Å². The minimum absolute atomic E-state index is 0.487. The van der Waals surface area contributed by atoms with Gasteiger partial charge in [-0.25, -0.2) is 0 Å². The summed E-state index contributed by atoms with van der Waals surface area (Å²) in [4.78, 5) is 6.84. The third-order valence-electron chi connectivity index (χ3n) is 3.95. The fourth-order valence-corrected chi connectivity index (χ4v) is 2.74. The van der Waals surface area contributed by atoms with Crippen LogP contribution >= 0.6 is 0 Å². The van der Waals surface area contributed by atoms with E-state index < -0.39 is 0 Å². The molecule has 6 nitrogen and oxygen atoms in total. The molecule has 0 fully saturated rings. The van der Waals surface area contributed by atoms with Crippen LogP contribution in [-0.2, 0) is 0 Å². The van der Waals surface area contributed by atoms with Gasteiger partial charge in [0, 0.05) is 18.8 Å². The van der Waals surface area contributed by atoms with Crippen LogP contribution in [0.3, 0.4) is 0 Å². The summed E-state index contributed by atoms with van der Waals surface area (Å²) >= 11 is 0. The maximum atomic E-state index is 5.81. The number of hydrogen-bond donors (Lipinski definition) is 1. The molecular formula is C21H25N5O. The van der Waals surface area contributed by atoms with Crippen molar-refractivity contribution in [1.29, 1.82) is 0 Å². The van der Waals surface area contributed by atoms with E-state index in [9.17, 15) is 0 Å². The second-order valence-corrected chi connectivity index (χ2v) is 6.19. The predicted octanol–water partition coefficient (Wildman–Crippen LogP) is 5.03. The molecule has 0 aliphatic carbocycles. The van der Waals surface area contributed by atoms with Crippen molar-refractivity contribution in [2.75, 3.05) is 23.3 Å². The largest absolute Gasteiger partial charge is 0.457 e. The molecule has 0 amide bonds. The molecular weight excluding hydrogens is 338 g/mol. The second-order valence-electron chi connectivity index (χ2n) is 6.19. The van der Waals surface area contributed by atoms with E-state index in [1.54, 1.807) is 6.20 Å². The Morgan fingerprint density at radius 1 is 0.889 bits per heavy atom. The lowest BCUT2D eigenvalue weighted by molar-refractivity contribution is 0.483. The molecule has 0 aliphatic rings. The summed E-state index contributed by atoms with van der Waals surface area (Å²) in [5.74, 6) is 2.92. The number of aromatic nitrogens is 3. The number of anilines is 3. The molecule has 27 heavy (non-hydrogen) atoms. The highest BCUT2D eigenvalue weighted by Crippen LogP contribution is 2.24. The van der Waals surface area contributed by atoms with Gasteiger partial charge in [0.05, 0.1) is 6.20 Å². The van der Waals surface area contributed by atoms with Crippen LogP contribution in [0, 0.1) is 0 Å². The van der Waals surface area contributed by atoms with Crippen LogP contribution in [0.1, 0.15) is 26.7 Å². The molecule has 140 valence electrons. The summed E-state index contributed by atoms with van der Waals surface area (Å²) in [6.07, 6.45) is 3.85. The second kappa shape index (κ2) is 9.52. The van der Waals surface area contributed by atoms with Crippen molar-refractivity contribution in [3.63, 3.8) is 0 Å². The minimum atomic E-state index is 0.487. The lowest BCUT2D eigenvalue weighted by Crippen LogP contribution is -2.26. The highest BCUT2D eigenvalue weighted by molar-refractivity contribution is 5.55. The third-order valence-corrected chi connectivity index (χ3v) is 3.95. The lowest BCUT2D eigenvalue weighted by atomic mass is 10.3. The molecule has 2 aromatic carbocycles. The number of nitrogens with zero attached hydrogens (tertiary/aromatic N) is 4. The van der Waals surface area contributed by atoms with E-state index in [0.29, 0.717) is 5.95 Å². The van der Waals surface area contributed by atoms with Gasteiger partial charge < -0.3 is 15.0 Å². The van der Waals surface area contributed by atoms with Crippen LogP contribution in [0.2, 0.25) is 0 Å². The fraction of sp³-hybridized carbons (Fsp3) is 0.286. The highest BCUT2D eigenvalue weighted by atomic mass is 16.5. The zero-order chi connectivity index (χ0) is 18.9. The first-order chi connectivity index (χ1) is 13.3. The van der Waals surface area contributed by atoms with Gasteiger partial charge in [-0.2, -0.15) is 10.1 Å². The molecule has 1 heterocycles. The van der Waals surface area contributed by atoms with Gasteiger partial charge in [-0.3, -0.25) is 0 Å². The Morgan fingerprint density at radius 3 is 2.22 bits per heavy atom. The third kappa shape index (κ3) is 5.41. The molecule has 0 atom stereocenters. The van der Waals surface area contributed by atoms with Gasteiger partial charge in [0.1, 0.15) is 11.5 Å². The van der Waals surface area contributed by atoms with Gasteiger partial charge in [0.15, 0.2) is 5.82 Å². The molecule has 0 unspecified atom stereocenters. The van der Waals surface area contributed by atoms with Gasteiger partial charge in [-0.05, 0) is 49.2 Å². The first kappa shape index (κ1) is 18.6. The van der Waals surface area contributed by atoms with Crippen LogP contribution in [0.15, 0.2) is 60.8 Å². The van der Waals surface area contributed by atoms with E-state index in [0.717, 1.165) is 48.9 Å². The summed E-state index contributed by atoms with van der Waals surface area (Å²) in [6.45, 7) is 6.24. The molecule has 0 radical (unpaired) electrons. The Bertz CT molecular complexity index is 817. The van der Waals surface area contributed by atoms with Crippen molar-refractivity contribution in [3.05, 3.63) is 60.8 Å². The zero-order valence-electron chi connectivity index (χ0n) is 15.8. The highest BCUT2D eigenvalue weighted by Gasteiger charge is 2.09. The van der Waals surface area contributed by atoms with Gasteiger partial charge in [0.25, 0.3) is 0 Å². The SMILES string of the molecule is CCCN(CCC)c1cnnc(Nc2ccc(Oc3ccccc3)cc2)n1. The molecule has 0 saturated heterocycles. The van der Waals surface area contributed by atoms with Crippen molar-refractivity contribution in [3.8, 4) is 11.5 Å². The van der Waals surface area contributed by atoms with Gasteiger partial charge >= 0.3 is 0 Å². The molecule has 6 heteroatoms. The molecule has 1 aromatic heterocycles. The van der Waals surface area contributed by atoms with Gasteiger partial charge in [0.2, 0.25) is 5.95 Å².